The summed E-state index contributed by atoms with van der Waals surface area (Å²) >= 11 is 0. The number of imide groups is 1. The third kappa shape index (κ3) is 3.22. The first-order chi connectivity index (χ1) is 4.72. The van der Waals surface area contributed by atoms with Crippen LogP contribution < -0.4 is 0 Å². The zero-order chi connectivity index (χ0) is 7.98. The van der Waals surface area contributed by atoms with E-state index in [9.17, 15) is 9.59 Å². The standard InChI is InChI=1S/C7H13NO2/c1-3-4-5-7(10)8(2)6-9/h6H,3-5H2,1-2H3. The number of nitrogens with zero attached hydrogens (tertiary/aromatic N) is 1. The van der Waals surface area contributed by atoms with Gasteiger partial charge in [0.25, 0.3) is 0 Å². The van der Waals surface area contributed by atoms with E-state index in [0.29, 0.717) is 12.8 Å². The number of amides is 2. The Morgan fingerprint density at radius 3 is 2.60 bits per heavy atom. The van der Waals surface area contributed by atoms with Crippen LogP contribution in [0.4, 0.5) is 0 Å². The van der Waals surface area contributed by atoms with Gasteiger partial charge in [0.05, 0.1) is 0 Å². The van der Waals surface area contributed by atoms with Gasteiger partial charge in [-0.25, -0.2) is 0 Å². The second-order valence-corrected chi connectivity index (χ2v) is 2.21. The lowest BCUT2D eigenvalue weighted by atomic mass is 10.2. The molecule has 0 aromatic carbocycles. The highest BCUT2D eigenvalue weighted by molar-refractivity contribution is 5.85. The Morgan fingerprint density at radius 1 is 1.60 bits per heavy atom. The van der Waals surface area contributed by atoms with Crippen molar-refractivity contribution < 1.29 is 9.59 Å². The highest BCUT2D eigenvalue weighted by atomic mass is 16.2. The third-order valence-electron chi connectivity index (χ3n) is 1.30. The number of carbonyl (C=O) groups excluding carboxylic acids is 2. The molecular weight excluding hydrogens is 130 g/mol. The van der Waals surface area contributed by atoms with Crippen molar-refractivity contribution in [3.8, 4) is 0 Å². The molecule has 0 N–H and O–H groups in total. The van der Waals surface area contributed by atoms with Crippen LogP contribution in [0.3, 0.4) is 0 Å². The molecule has 2 amide bonds. The fourth-order valence-electron chi connectivity index (χ4n) is 0.563. The quantitative estimate of drug-likeness (QED) is 0.546. The Morgan fingerprint density at radius 2 is 2.20 bits per heavy atom. The number of carbonyl (C=O) groups is 2. The maximum atomic E-state index is 10.8. The zero-order valence-corrected chi connectivity index (χ0v) is 6.46. The first kappa shape index (κ1) is 9.14. The van der Waals surface area contributed by atoms with E-state index in [-0.39, 0.29) is 5.91 Å². The van der Waals surface area contributed by atoms with Crippen LogP contribution in [0.5, 0.6) is 0 Å². The zero-order valence-electron chi connectivity index (χ0n) is 6.46. The topological polar surface area (TPSA) is 37.4 Å². The molecule has 0 aromatic rings. The van der Waals surface area contributed by atoms with Crippen molar-refractivity contribution in [2.45, 2.75) is 26.2 Å². The Hall–Kier alpha value is -0.860. The minimum absolute atomic E-state index is 0.100. The van der Waals surface area contributed by atoms with Gasteiger partial charge in [-0.05, 0) is 6.42 Å². The van der Waals surface area contributed by atoms with Gasteiger partial charge >= 0.3 is 0 Å². The summed E-state index contributed by atoms with van der Waals surface area (Å²) in [5.41, 5.74) is 0. The summed E-state index contributed by atoms with van der Waals surface area (Å²) in [6.07, 6.45) is 2.86. The minimum atomic E-state index is -0.100. The lowest BCUT2D eigenvalue weighted by Gasteiger charge is -2.06. The van der Waals surface area contributed by atoms with Crippen molar-refractivity contribution in [1.29, 1.82) is 0 Å². The SMILES string of the molecule is CCCCC(=O)N(C)C=O. The number of rotatable bonds is 4. The van der Waals surface area contributed by atoms with Crippen molar-refractivity contribution in [2.75, 3.05) is 7.05 Å². The van der Waals surface area contributed by atoms with Crippen molar-refractivity contribution >= 4 is 12.3 Å². The summed E-state index contributed by atoms with van der Waals surface area (Å²) < 4.78 is 0. The second-order valence-electron chi connectivity index (χ2n) is 2.21. The molecule has 3 heteroatoms. The van der Waals surface area contributed by atoms with Gasteiger partial charge in [-0.1, -0.05) is 13.3 Å². The first-order valence-corrected chi connectivity index (χ1v) is 3.43. The fourth-order valence-corrected chi connectivity index (χ4v) is 0.563. The van der Waals surface area contributed by atoms with E-state index in [4.69, 9.17) is 0 Å². The lowest BCUT2D eigenvalue weighted by molar-refractivity contribution is -0.136. The van der Waals surface area contributed by atoms with Crippen molar-refractivity contribution in [1.82, 2.24) is 4.90 Å². The second kappa shape index (κ2) is 4.97. The van der Waals surface area contributed by atoms with Crippen LogP contribution in [0.1, 0.15) is 26.2 Å². The summed E-state index contributed by atoms with van der Waals surface area (Å²) in [5, 5.41) is 0. The molecule has 10 heavy (non-hydrogen) atoms. The van der Waals surface area contributed by atoms with Crippen LogP contribution in [-0.2, 0) is 9.59 Å². The maximum absolute atomic E-state index is 10.8. The van der Waals surface area contributed by atoms with Crippen LogP contribution in [-0.4, -0.2) is 24.3 Å². The van der Waals surface area contributed by atoms with Gasteiger partial charge in [0.1, 0.15) is 0 Å². The molecule has 0 saturated heterocycles. The highest BCUT2D eigenvalue weighted by Crippen LogP contribution is 1.96. The molecule has 0 aliphatic rings. The van der Waals surface area contributed by atoms with Gasteiger partial charge < -0.3 is 0 Å². The van der Waals surface area contributed by atoms with Gasteiger partial charge in [-0.3, -0.25) is 14.5 Å². The van der Waals surface area contributed by atoms with Gasteiger partial charge in [0.2, 0.25) is 12.3 Å². The molecule has 0 aromatic heterocycles. The predicted molar refractivity (Wildman–Crippen MR) is 38.4 cm³/mol. The molecule has 0 radical (unpaired) electrons. The van der Waals surface area contributed by atoms with Crippen LogP contribution in [0.15, 0.2) is 0 Å². The number of hydrogen-bond donors (Lipinski definition) is 0. The van der Waals surface area contributed by atoms with Gasteiger partial charge in [0.15, 0.2) is 0 Å². The van der Waals surface area contributed by atoms with Gasteiger partial charge in [-0.15, -0.1) is 0 Å². The van der Waals surface area contributed by atoms with Gasteiger partial charge in [-0.2, -0.15) is 0 Å². The van der Waals surface area contributed by atoms with Crippen molar-refractivity contribution in [3.63, 3.8) is 0 Å². The molecule has 3 nitrogen and oxygen atoms in total. The minimum Gasteiger partial charge on any atom is -0.288 e. The summed E-state index contributed by atoms with van der Waals surface area (Å²) in [5.74, 6) is -0.100. The van der Waals surface area contributed by atoms with E-state index in [1.54, 1.807) is 0 Å². The third-order valence-corrected chi connectivity index (χ3v) is 1.30. The van der Waals surface area contributed by atoms with Crippen LogP contribution in [0.2, 0.25) is 0 Å². The summed E-state index contributed by atoms with van der Waals surface area (Å²) in [6, 6.07) is 0. The molecule has 0 atom stereocenters. The van der Waals surface area contributed by atoms with E-state index in [2.05, 4.69) is 0 Å². The summed E-state index contributed by atoms with van der Waals surface area (Å²) in [4.78, 5) is 21.9. The average molecular weight is 143 g/mol. The molecule has 0 bridgehead atoms. The number of hydrogen-bond acceptors (Lipinski definition) is 2. The maximum Gasteiger partial charge on any atom is 0.228 e. The fraction of sp³-hybridized carbons (Fsp3) is 0.714. The van der Waals surface area contributed by atoms with Crippen molar-refractivity contribution in [3.05, 3.63) is 0 Å². The Bertz CT molecular complexity index is 123. The smallest absolute Gasteiger partial charge is 0.228 e. The summed E-state index contributed by atoms with van der Waals surface area (Å²) in [6.45, 7) is 2.01. The highest BCUT2D eigenvalue weighted by Gasteiger charge is 2.04. The molecule has 0 spiro atoms. The predicted octanol–water partition coefficient (Wildman–Crippen LogP) is 0.791. The van der Waals surface area contributed by atoms with Gasteiger partial charge in [0, 0.05) is 13.5 Å². The molecule has 0 saturated carbocycles. The molecule has 0 fully saturated rings. The van der Waals surface area contributed by atoms with E-state index >= 15 is 0 Å². The molecule has 0 heterocycles. The van der Waals surface area contributed by atoms with E-state index < -0.39 is 0 Å². The summed E-state index contributed by atoms with van der Waals surface area (Å²) in [7, 11) is 1.48. The van der Waals surface area contributed by atoms with Crippen molar-refractivity contribution in [2.24, 2.45) is 0 Å². The van der Waals surface area contributed by atoms with Crippen LogP contribution in [0.25, 0.3) is 0 Å². The molecule has 58 valence electrons. The van der Waals surface area contributed by atoms with Crippen LogP contribution >= 0.6 is 0 Å². The van der Waals surface area contributed by atoms with E-state index in [0.717, 1.165) is 17.7 Å². The average Bonchev–Trinajstić information content (AvgIpc) is 1.98. The Balaban J connectivity index is 3.51. The molecular formula is C7H13NO2. The Kier molecular flexibility index (Phi) is 4.54. The largest absolute Gasteiger partial charge is 0.288 e. The lowest BCUT2D eigenvalue weighted by Crippen LogP contribution is -2.24. The molecule has 0 aliphatic carbocycles. The molecule has 0 rings (SSSR count). The van der Waals surface area contributed by atoms with Crippen LogP contribution in [0, 0.1) is 0 Å². The molecule has 0 unspecified atom stereocenters. The van der Waals surface area contributed by atoms with E-state index in [1.165, 1.54) is 7.05 Å². The normalized spacial score (nSPS) is 9.00. The van der Waals surface area contributed by atoms with E-state index in [1.807, 2.05) is 6.92 Å². The monoisotopic (exact) mass is 143 g/mol. The number of unbranched alkanes of at least 4 members (excludes halogenated alkanes) is 1. The molecule has 0 aliphatic heterocycles. The first-order valence-electron chi connectivity index (χ1n) is 3.43. The Labute approximate surface area is 61.0 Å².